The van der Waals surface area contributed by atoms with E-state index in [1.807, 2.05) is 6.92 Å². The predicted octanol–water partition coefficient (Wildman–Crippen LogP) is 2.34. The molecule has 1 rings (SSSR count). The maximum atomic E-state index is 11.6. The van der Waals surface area contributed by atoms with Gasteiger partial charge in [0.25, 0.3) is 5.91 Å². The molecule has 0 saturated carbocycles. The van der Waals surface area contributed by atoms with E-state index in [4.69, 9.17) is 9.47 Å². The van der Waals surface area contributed by atoms with Gasteiger partial charge in [-0.25, -0.2) is 4.79 Å². The third kappa shape index (κ3) is 6.97. The molecule has 6 heteroatoms. The summed E-state index contributed by atoms with van der Waals surface area (Å²) in [6.07, 6.45) is -0.470. The van der Waals surface area contributed by atoms with E-state index in [1.165, 1.54) is 0 Å². The van der Waals surface area contributed by atoms with Gasteiger partial charge in [0.15, 0.2) is 0 Å². The first-order chi connectivity index (χ1) is 10.3. The van der Waals surface area contributed by atoms with Crippen molar-refractivity contribution < 1.29 is 19.1 Å². The van der Waals surface area contributed by atoms with Crippen LogP contribution >= 0.6 is 0 Å². The van der Waals surface area contributed by atoms with Crippen LogP contribution in [0.2, 0.25) is 0 Å². The average molecular weight is 308 g/mol. The van der Waals surface area contributed by atoms with Crippen molar-refractivity contribution in [3.05, 3.63) is 29.8 Å². The van der Waals surface area contributed by atoms with Crippen molar-refractivity contribution in [3.8, 4) is 5.75 Å². The highest BCUT2D eigenvalue weighted by molar-refractivity contribution is 5.94. The van der Waals surface area contributed by atoms with Crippen LogP contribution in [0.3, 0.4) is 0 Å². The molecule has 0 aromatic heterocycles. The van der Waals surface area contributed by atoms with Gasteiger partial charge in [0.2, 0.25) is 0 Å². The minimum Gasteiger partial charge on any atom is -0.492 e. The summed E-state index contributed by atoms with van der Waals surface area (Å²) in [6.45, 7) is 8.53. The van der Waals surface area contributed by atoms with E-state index in [0.29, 0.717) is 31.0 Å². The number of alkyl carbamates (subject to hydrolysis) is 1. The lowest BCUT2D eigenvalue weighted by Gasteiger charge is -2.19. The summed E-state index contributed by atoms with van der Waals surface area (Å²) in [6, 6.07) is 6.83. The zero-order valence-electron chi connectivity index (χ0n) is 13.6. The molecule has 0 aliphatic heterocycles. The molecule has 122 valence electrons. The summed E-state index contributed by atoms with van der Waals surface area (Å²) in [5, 5.41) is 5.33. The summed E-state index contributed by atoms with van der Waals surface area (Å²) in [5.41, 5.74) is 0.0703. The first-order valence-corrected chi connectivity index (χ1v) is 7.29. The van der Waals surface area contributed by atoms with Gasteiger partial charge in [-0.2, -0.15) is 0 Å². The van der Waals surface area contributed by atoms with Crippen LogP contribution in [0.4, 0.5) is 4.79 Å². The molecule has 0 spiro atoms. The molecule has 0 aliphatic carbocycles. The molecular weight excluding hydrogens is 284 g/mol. The summed E-state index contributed by atoms with van der Waals surface area (Å²) in [5.74, 6) is 0.527. The fourth-order valence-electron chi connectivity index (χ4n) is 1.60. The zero-order valence-corrected chi connectivity index (χ0v) is 13.6. The molecule has 0 saturated heterocycles. The lowest BCUT2D eigenvalue weighted by atomic mass is 10.2. The number of hydrogen-bond donors (Lipinski definition) is 2. The molecule has 2 N–H and O–H groups in total. The van der Waals surface area contributed by atoms with Crippen LogP contribution in [0.15, 0.2) is 24.3 Å². The largest absolute Gasteiger partial charge is 0.492 e. The number of rotatable bonds is 6. The SMILES string of the molecule is CCNC(=O)c1ccc(OCCNC(=O)OC(C)(C)C)cc1. The number of hydrogen-bond acceptors (Lipinski definition) is 4. The van der Waals surface area contributed by atoms with Crippen molar-refractivity contribution in [1.82, 2.24) is 10.6 Å². The summed E-state index contributed by atoms with van der Waals surface area (Å²) < 4.78 is 10.6. The highest BCUT2D eigenvalue weighted by atomic mass is 16.6. The maximum absolute atomic E-state index is 11.6. The first-order valence-electron chi connectivity index (χ1n) is 7.29. The van der Waals surface area contributed by atoms with Crippen molar-refractivity contribution >= 4 is 12.0 Å². The second-order valence-corrected chi connectivity index (χ2v) is 5.66. The third-order valence-electron chi connectivity index (χ3n) is 2.49. The van der Waals surface area contributed by atoms with Crippen LogP contribution < -0.4 is 15.4 Å². The van der Waals surface area contributed by atoms with Gasteiger partial charge in [-0.3, -0.25) is 4.79 Å². The van der Waals surface area contributed by atoms with E-state index >= 15 is 0 Å². The van der Waals surface area contributed by atoms with Gasteiger partial charge in [0, 0.05) is 12.1 Å². The predicted molar refractivity (Wildman–Crippen MR) is 84.2 cm³/mol. The van der Waals surface area contributed by atoms with Crippen molar-refractivity contribution in [3.63, 3.8) is 0 Å². The van der Waals surface area contributed by atoms with Gasteiger partial charge in [-0.05, 0) is 52.0 Å². The van der Waals surface area contributed by atoms with Gasteiger partial charge in [-0.1, -0.05) is 0 Å². The number of benzene rings is 1. The van der Waals surface area contributed by atoms with E-state index in [1.54, 1.807) is 45.0 Å². The van der Waals surface area contributed by atoms with Gasteiger partial charge < -0.3 is 20.1 Å². The fraction of sp³-hybridized carbons (Fsp3) is 0.500. The standard InChI is InChI=1S/C16H24N2O4/c1-5-17-14(19)12-6-8-13(9-7-12)21-11-10-18-15(20)22-16(2,3)4/h6-9H,5,10-11H2,1-4H3,(H,17,19)(H,18,20). The number of carbonyl (C=O) groups is 2. The van der Waals surface area contributed by atoms with Crippen LogP contribution in [0.25, 0.3) is 0 Å². The lowest BCUT2D eigenvalue weighted by Crippen LogP contribution is -2.34. The molecule has 0 heterocycles. The molecule has 0 fully saturated rings. The van der Waals surface area contributed by atoms with Gasteiger partial charge in [-0.15, -0.1) is 0 Å². The normalized spacial score (nSPS) is 10.7. The van der Waals surface area contributed by atoms with E-state index in [0.717, 1.165) is 0 Å². The zero-order chi connectivity index (χ0) is 16.6. The maximum Gasteiger partial charge on any atom is 0.407 e. The minimum absolute atomic E-state index is 0.111. The highest BCUT2D eigenvalue weighted by Gasteiger charge is 2.15. The number of carbonyl (C=O) groups excluding carboxylic acids is 2. The number of nitrogens with one attached hydrogen (secondary N) is 2. The topological polar surface area (TPSA) is 76.7 Å². The molecule has 22 heavy (non-hydrogen) atoms. The van der Waals surface area contributed by atoms with Crippen LogP contribution in [-0.2, 0) is 4.74 Å². The summed E-state index contributed by atoms with van der Waals surface area (Å²) in [7, 11) is 0. The van der Waals surface area contributed by atoms with Crippen molar-refractivity contribution in [2.24, 2.45) is 0 Å². The van der Waals surface area contributed by atoms with Crippen molar-refractivity contribution in [1.29, 1.82) is 0 Å². The molecule has 0 unspecified atom stereocenters. The van der Waals surface area contributed by atoms with Crippen molar-refractivity contribution in [2.75, 3.05) is 19.7 Å². The van der Waals surface area contributed by atoms with E-state index in [9.17, 15) is 9.59 Å². The second kappa shape index (κ2) is 8.26. The first kappa shape index (κ1) is 17.8. The van der Waals surface area contributed by atoms with Gasteiger partial charge in [0.05, 0.1) is 6.54 Å². The molecule has 1 aromatic rings. The number of ether oxygens (including phenoxy) is 2. The summed E-state index contributed by atoms with van der Waals surface area (Å²) in [4.78, 5) is 23.0. The molecule has 1 aromatic carbocycles. The molecule has 6 nitrogen and oxygen atoms in total. The Morgan fingerprint density at radius 1 is 1.09 bits per heavy atom. The quantitative estimate of drug-likeness (QED) is 0.791. The Labute approximate surface area is 131 Å². The third-order valence-corrected chi connectivity index (χ3v) is 2.49. The van der Waals surface area contributed by atoms with E-state index in [2.05, 4.69) is 10.6 Å². The molecule has 0 aliphatic rings. The highest BCUT2D eigenvalue weighted by Crippen LogP contribution is 2.12. The Morgan fingerprint density at radius 3 is 2.27 bits per heavy atom. The number of amides is 2. The van der Waals surface area contributed by atoms with Gasteiger partial charge in [0.1, 0.15) is 18.0 Å². The van der Waals surface area contributed by atoms with Crippen molar-refractivity contribution in [2.45, 2.75) is 33.3 Å². The lowest BCUT2D eigenvalue weighted by molar-refractivity contribution is 0.0520. The Kier molecular flexibility index (Phi) is 6.69. The Bertz CT molecular complexity index is 492. The Morgan fingerprint density at radius 2 is 1.73 bits per heavy atom. The molecular formula is C16H24N2O4. The summed E-state index contributed by atoms with van der Waals surface area (Å²) >= 11 is 0. The smallest absolute Gasteiger partial charge is 0.407 e. The van der Waals surface area contributed by atoms with Crippen LogP contribution in [0.1, 0.15) is 38.1 Å². The second-order valence-electron chi connectivity index (χ2n) is 5.66. The molecule has 0 radical (unpaired) electrons. The Balaban J connectivity index is 2.31. The monoisotopic (exact) mass is 308 g/mol. The molecule has 0 bridgehead atoms. The molecule has 2 amide bonds. The van der Waals surface area contributed by atoms with Crippen LogP contribution in [-0.4, -0.2) is 37.3 Å². The van der Waals surface area contributed by atoms with Gasteiger partial charge >= 0.3 is 6.09 Å². The minimum atomic E-state index is -0.514. The average Bonchev–Trinajstić information content (AvgIpc) is 2.42. The Hall–Kier alpha value is -2.24. The van der Waals surface area contributed by atoms with Crippen LogP contribution in [0.5, 0.6) is 5.75 Å². The van der Waals surface area contributed by atoms with E-state index < -0.39 is 11.7 Å². The molecule has 0 atom stereocenters. The van der Waals surface area contributed by atoms with E-state index in [-0.39, 0.29) is 5.91 Å². The van der Waals surface area contributed by atoms with Crippen LogP contribution in [0, 0.1) is 0 Å². The fourth-order valence-corrected chi connectivity index (χ4v) is 1.60.